The number of rotatable bonds is 5. The summed E-state index contributed by atoms with van der Waals surface area (Å²) in [7, 11) is 1.85. The number of hydrogen-bond donors (Lipinski definition) is 1. The van der Waals surface area contributed by atoms with Gasteiger partial charge < -0.3 is 5.32 Å². The van der Waals surface area contributed by atoms with Crippen molar-refractivity contribution in [3.8, 4) is 6.07 Å². The summed E-state index contributed by atoms with van der Waals surface area (Å²) in [5.74, 6) is 0. The lowest BCUT2D eigenvalue weighted by Gasteiger charge is -2.05. The van der Waals surface area contributed by atoms with Crippen LogP contribution in [0.3, 0.4) is 0 Å². The number of nitro benzene ring substituents is 1. The Hall–Kier alpha value is -2.88. The first-order chi connectivity index (χ1) is 9.60. The summed E-state index contributed by atoms with van der Waals surface area (Å²) in [5, 5.41) is 26.8. The highest BCUT2D eigenvalue weighted by atomic mass is 16.6. The van der Waals surface area contributed by atoms with Crippen molar-refractivity contribution >= 4 is 11.4 Å². The average molecular weight is 271 g/mol. The van der Waals surface area contributed by atoms with E-state index in [0.29, 0.717) is 12.2 Å². The first kappa shape index (κ1) is 13.5. The highest BCUT2D eigenvalue weighted by Gasteiger charge is 2.13. The first-order valence-corrected chi connectivity index (χ1v) is 6.00. The number of anilines is 1. The Balaban J connectivity index is 2.00. The van der Waals surface area contributed by atoms with Crippen LogP contribution in [0.15, 0.2) is 30.6 Å². The van der Waals surface area contributed by atoms with E-state index in [1.807, 2.05) is 19.3 Å². The molecule has 0 unspecified atom stereocenters. The standard InChI is InChI=1S/C13H13N5O2/c1-17-9-10(8-16-17)4-5-15-12-2-3-13(18(19)20)11(6-12)7-14/h2-3,6,8-9,15H,4-5H2,1H3. The number of hydrogen-bond acceptors (Lipinski definition) is 5. The molecule has 0 aliphatic carbocycles. The van der Waals surface area contributed by atoms with Crippen molar-refractivity contribution in [1.82, 2.24) is 9.78 Å². The SMILES string of the molecule is Cn1cc(CCNc2ccc([N+](=O)[O-])c(C#N)c2)cn1. The van der Waals surface area contributed by atoms with Crippen molar-refractivity contribution in [2.75, 3.05) is 11.9 Å². The molecule has 1 aromatic heterocycles. The summed E-state index contributed by atoms with van der Waals surface area (Å²) < 4.78 is 1.73. The number of nitrogens with one attached hydrogen (secondary N) is 1. The molecule has 0 radical (unpaired) electrons. The van der Waals surface area contributed by atoms with E-state index >= 15 is 0 Å². The fourth-order valence-electron chi connectivity index (χ4n) is 1.85. The quantitative estimate of drug-likeness (QED) is 0.661. The third kappa shape index (κ3) is 3.11. The summed E-state index contributed by atoms with van der Waals surface area (Å²) in [5.41, 5.74) is 1.67. The van der Waals surface area contributed by atoms with Crippen LogP contribution >= 0.6 is 0 Å². The van der Waals surface area contributed by atoms with Gasteiger partial charge in [-0.05, 0) is 24.1 Å². The fraction of sp³-hybridized carbons (Fsp3) is 0.231. The van der Waals surface area contributed by atoms with Crippen molar-refractivity contribution in [3.63, 3.8) is 0 Å². The summed E-state index contributed by atoms with van der Waals surface area (Å²) in [6.07, 6.45) is 4.50. The van der Waals surface area contributed by atoms with Crippen LogP contribution in [0.2, 0.25) is 0 Å². The largest absolute Gasteiger partial charge is 0.385 e. The fourth-order valence-corrected chi connectivity index (χ4v) is 1.85. The predicted octanol–water partition coefficient (Wildman–Crippen LogP) is 1.85. The molecule has 7 nitrogen and oxygen atoms in total. The van der Waals surface area contributed by atoms with Gasteiger partial charge in [0.05, 0.1) is 11.1 Å². The summed E-state index contributed by atoms with van der Waals surface area (Å²) in [6, 6.07) is 6.26. The van der Waals surface area contributed by atoms with Crippen LogP contribution < -0.4 is 5.32 Å². The van der Waals surface area contributed by atoms with Crippen LogP contribution in [0, 0.1) is 21.4 Å². The van der Waals surface area contributed by atoms with Gasteiger partial charge in [-0.25, -0.2) is 0 Å². The Bertz CT molecular complexity index is 672. The summed E-state index contributed by atoms with van der Waals surface area (Å²) in [6.45, 7) is 0.661. The first-order valence-electron chi connectivity index (χ1n) is 6.00. The Morgan fingerprint density at radius 3 is 2.95 bits per heavy atom. The van der Waals surface area contributed by atoms with E-state index in [4.69, 9.17) is 5.26 Å². The lowest BCUT2D eigenvalue weighted by Crippen LogP contribution is -2.05. The zero-order chi connectivity index (χ0) is 14.5. The molecule has 1 N–H and O–H groups in total. The van der Waals surface area contributed by atoms with E-state index < -0.39 is 4.92 Å². The van der Waals surface area contributed by atoms with Crippen molar-refractivity contribution < 1.29 is 4.92 Å². The molecule has 0 aliphatic rings. The molecule has 102 valence electrons. The molecule has 1 heterocycles. The molecule has 2 rings (SSSR count). The normalized spacial score (nSPS) is 10.0. The minimum Gasteiger partial charge on any atom is -0.385 e. The third-order valence-electron chi connectivity index (χ3n) is 2.81. The number of nitro groups is 1. The highest BCUT2D eigenvalue weighted by molar-refractivity contribution is 5.58. The van der Waals surface area contributed by atoms with Crippen molar-refractivity contribution in [3.05, 3.63) is 51.8 Å². The monoisotopic (exact) mass is 271 g/mol. The van der Waals surface area contributed by atoms with Crippen LogP contribution in [0.25, 0.3) is 0 Å². The molecule has 7 heteroatoms. The Labute approximate surface area is 115 Å². The predicted molar refractivity (Wildman–Crippen MR) is 73.2 cm³/mol. The zero-order valence-corrected chi connectivity index (χ0v) is 10.9. The molecule has 0 spiro atoms. The van der Waals surface area contributed by atoms with Gasteiger partial charge in [-0.1, -0.05) is 0 Å². The minimum absolute atomic E-state index is 0.0568. The van der Waals surface area contributed by atoms with Gasteiger partial charge in [0.1, 0.15) is 11.6 Å². The molecule has 0 fully saturated rings. The second kappa shape index (κ2) is 5.84. The van der Waals surface area contributed by atoms with Crippen molar-refractivity contribution in [2.45, 2.75) is 6.42 Å². The second-order valence-corrected chi connectivity index (χ2v) is 4.30. The van der Waals surface area contributed by atoms with Gasteiger partial charge >= 0.3 is 0 Å². The molecule has 2 aromatic rings. The van der Waals surface area contributed by atoms with E-state index in [2.05, 4.69) is 10.4 Å². The average Bonchev–Trinajstić information content (AvgIpc) is 2.84. The maximum Gasteiger partial charge on any atom is 0.287 e. The lowest BCUT2D eigenvalue weighted by atomic mass is 10.1. The molecular weight excluding hydrogens is 258 g/mol. The van der Waals surface area contributed by atoms with E-state index in [0.717, 1.165) is 12.0 Å². The number of aromatic nitrogens is 2. The number of aryl methyl sites for hydroxylation is 1. The highest BCUT2D eigenvalue weighted by Crippen LogP contribution is 2.21. The molecule has 0 aliphatic heterocycles. The second-order valence-electron chi connectivity index (χ2n) is 4.30. The summed E-state index contributed by atoms with van der Waals surface area (Å²) in [4.78, 5) is 10.2. The third-order valence-corrected chi connectivity index (χ3v) is 2.81. The maximum atomic E-state index is 10.7. The summed E-state index contributed by atoms with van der Waals surface area (Å²) >= 11 is 0. The molecule has 0 atom stereocenters. The molecule has 0 saturated carbocycles. The van der Waals surface area contributed by atoms with E-state index in [1.165, 1.54) is 12.1 Å². The smallest absolute Gasteiger partial charge is 0.287 e. The van der Waals surface area contributed by atoms with Crippen LogP contribution in [-0.4, -0.2) is 21.2 Å². The van der Waals surface area contributed by atoms with Gasteiger partial charge in [0.25, 0.3) is 5.69 Å². The number of nitrogens with zero attached hydrogens (tertiary/aromatic N) is 4. The van der Waals surface area contributed by atoms with Gasteiger partial charge in [-0.15, -0.1) is 0 Å². The molecule has 1 aromatic carbocycles. The molecule has 0 saturated heterocycles. The molecule has 20 heavy (non-hydrogen) atoms. The molecule has 0 bridgehead atoms. The van der Waals surface area contributed by atoms with E-state index in [1.54, 1.807) is 16.9 Å². The van der Waals surface area contributed by atoms with Gasteiger partial charge in [0.15, 0.2) is 0 Å². The molecular formula is C13H13N5O2. The lowest BCUT2D eigenvalue weighted by molar-refractivity contribution is -0.385. The molecule has 0 amide bonds. The van der Waals surface area contributed by atoms with Gasteiger partial charge in [0, 0.05) is 31.5 Å². The van der Waals surface area contributed by atoms with Gasteiger partial charge in [-0.2, -0.15) is 10.4 Å². The number of nitriles is 1. The maximum absolute atomic E-state index is 10.7. The van der Waals surface area contributed by atoms with E-state index in [-0.39, 0.29) is 11.3 Å². The Morgan fingerprint density at radius 1 is 1.55 bits per heavy atom. The van der Waals surface area contributed by atoms with Gasteiger partial charge in [0.2, 0.25) is 0 Å². The minimum atomic E-state index is -0.558. The number of benzene rings is 1. The Kier molecular flexibility index (Phi) is 3.96. The van der Waals surface area contributed by atoms with Crippen LogP contribution in [0.5, 0.6) is 0 Å². The Morgan fingerprint density at radius 2 is 2.35 bits per heavy atom. The van der Waals surface area contributed by atoms with Crippen LogP contribution in [-0.2, 0) is 13.5 Å². The van der Waals surface area contributed by atoms with E-state index in [9.17, 15) is 10.1 Å². The van der Waals surface area contributed by atoms with Crippen LogP contribution in [0.4, 0.5) is 11.4 Å². The van der Waals surface area contributed by atoms with Gasteiger partial charge in [-0.3, -0.25) is 14.8 Å². The van der Waals surface area contributed by atoms with Crippen molar-refractivity contribution in [2.24, 2.45) is 7.05 Å². The van der Waals surface area contributed by atoms with Crippen molar-refractivity contribution in [1.29, 1.82) is 5.26 Å². The van der Waals surface area contributed by atoms with Crippen LogP contribution in [0.1, 0.15) is 11.1 Å². The zero-order valence-electron chi connectivity index (χ0n) is 10.9. The topological polar surface area (TPSA) is 96.8 Å².